The first-order valence-corrected chi connectivity index (χ1v) is 11.1. The molecule has 0 amide bonds. The molecule has 1 heterocycles. The van der Waals surface area contributed by atoms with Crippen LogP contribution in [0.25, 0.3) is 16.6 Å². The third kappa shape index (κ3) is 4.38. The molecule has 1 aromatic heterocycles. The number of rotatable bonds is 7. The van der Waals surface area contributed by atoms with Crippen LogP contribution in [0.15, 0.2) is 70.6 Å². The molecule has 0 aliphatic carbocycles. The first-order valence-electron chi connectivity index (χ1n) is 10.2. The fourth-order valence-corrected chi connectivity index (χ4v) is 4.48. The normalized spacial score (nSPS) is 11.9. The molecular formula is C25H20F2N2O4S. The Kier molecular flexibility index (Phi) is 6.65. The number of carbonyl (C=O) groups is 1. The lowest BCUT2D eigenvalue weighted by Crippen LogP contribution is -2.24. The van der Waals surface area contributed by atoms with E-state index in [1.807, 2.05) is 0 Å². The zero-order chi connectivity index (χ0) is 24.4. The maximum atomic E-state index is 13.7. The van der Waals surface area contributed by atoms with Gasteiger partial charge in [-0.3, -0.25) is 14.2 Å². The maximum Gasteiger partial charge on any atom is 0.266 e. The number of Topliss-reactive ketones (excluding diaryl/α,β-unsaturated/α-hetero) is 1. The monoisotopic (exact) mass is 482 g/mol. The van der Waals surface area contributed by atoms with Gasteiger partial charge in [-0.15, -0.1) is 0 Å². The van der Waals surface area contributed by atoms with E-state index in [0.29, 0.717) is 28.1 Å². The number of aromatic nitrogens is 2. The Hall–Kier alpha value is -3.72. The molecule has 0 saturated heterocycles. The number of benzene rings is 3. The van der Waals surface area contributed by atoms with Gasteiger partial charge in [-0.1, -0.05) is 23.9 Å². The second-order valence-corrected chi connectivity index (χ2v) is 8.65. The summed E-state index contributed by atoms with van der Waals surface area (Å²) >= 11 is 1.04. The van der Waals surface area contributed by atoms with Crippen molar-refractivity contribution in [3.05, 3.63) is 88.2 Å². The van der Waals surface area contributed by atoms with E-state index in [1.54, 1.807) is 49.4 Å². The molecule has 6 nitrogen and oxygen atoms in total. The number of thioether (sulfide) groups is 1. The van der Waals surface area contributed by atoms with Crippen LogP contribution in [0, 0.1) is 11.6 Å². The maximum absolute atomic E-state index is 13.7. The number of methoxy groups -OCH3 is 2. The third-order valence-corrected chi connectivity index (χ3v) is 6.28. The lowest BCUT2D eigenvalue weighted by molar-refractivity contribution is 0.0993. The molecule has 4 rings (SSSR count). The number of nitrogens with zero attached hydrogens (tertiary/aromatic N) is 2. The standard InChI is InChI=1S/C25H20F2N2O4S/c1-14(23(30)15-8-10-18(26)19(27)12-15)34-25-28-20-7-5-4-6-17(20)24(31)29(25)16-9-11-21(32-2)22(13-16)33-3/h4-14H,1-3H3/t14-/m1/s1. The van der Waals surface area contributed by atoms with Crippen molar-refractivity contribution in [2.75, 3.05) is 14.2 Å². The van der Waals surface area contributed by atoms with Crippen molar-refractivity contribution < 1.29 is 23.0 Å². The average molecular weight is 483 g/mol. The zero-order valence-electron chi connectivity index (χ0n) is 18.5. The molecule has 0 N–H and O–H groups in total. The summed E-state index contributed by atoms with van der Waals surface area (Å²) in [6.07, 6.45) is 0. The highest BCUT2D eigenvalue weighted by Gasteiger charge is 2.23. The van der Waals surface area contributed by atoms with Gasteiger partial charge >= 0.3 is 0 Å². The van der Waals surface area contributed by atoms with Crippen LogP contribution in [0.5, 0.6) is 11.5 Å². The van der Waals surface area contributed by atoms with E-state index >= 15 is 0 Å². The van der Waals surface area contributed by atoms with Gasteiger partial charge < -0.3 is 9.47 Å². The summed E-state index contributed by atoms with van der Waals surface area (Å²) < 4.78 is 39.0. The number of hydrogen-bond acceptors (Lipinski definition) is 6. The molecule has 0 fully saturated rings. The fourth-order valence-electron chi connectivity index (χ4n) is 3.48. The lowest BCUT2D eigenvalue weighted by atomic mass is 10.1. The predicted octanol–water partition coefficient (Wildman–Crippen LogP) is 5.04. The Bertz CT molecular complexity index is 1460. The van der Waals surface area contributed by atoms with E-state index < -0.39 is 22.7 Å². The molecule has 0 saturated carbocycles. The number of halogens is 2. The number of hydrogen-bond donors (Lipinski definition) is 0. The highest BCUT2D eigenvalue weighted by atomic mass is 32.2. The Labute approximate surface area is 198 Å². The summed E-state index contributed by atoms with van der Waals surface area (Å²) in [5.74, 6) is -1.65. The van der Waals surface area contributed by atoms with Crippen molar-refractivity contribution in [2.45, 2.75) is 17.3 Å². The van der Waals surface area contributed by atoms with Crippen LogP contribution in [-0.4, -0.2) is 34.8 Å². The SMILES string of the molecule is COc1ccc(-n2c(S[C@H](C)C(=O)c3ccc(F)c(F)c3)nc3ccccc3c2=O)cc1OC. The smallest absolute Gasteiger partial charge is 0.266 e. The summed E-state index contributed by atoms with van der Waals surface area (Å²) in [6.45, 7) is 1.62. The van der Waals surface area contributed by atoms with Gasteiger partial charge in [-0.25, -0.2) is 13.8 Å². The molecule has 1 atom stereocenters. The van der Waals surface area contributed by atoms with Gasteiger partial charge in [0.1, 0.15) is 0 Å². The molecule has 9 heteroatoms. The quantitative estimate of drug-likeness (QED) is 0.209. The number of para-hydroxylation sites is 1. The molecule has 4 aromatic rings. The fraction of sp³-hybridized carbons (Fsp3) is 0.160. The van der Waals surface area contributed by atoms with E-state index in [0.717, 1.165) is 23.9 Å². The van der Waals surface area contributed by atoms with Crippen molar-refractivity contribution in [1.82, 2.24) is 9.55 Å². The Morgan fingerprint density at radius 3 is 2.41 bits per heavy atom. The van der Waals surface area contributed by atoms with Crippen LogP contribution in [-0.2, 0) is 0 Å². The number of carbonyl (C=O) groups excluding carboxylic acids is 1. The molecule has 174 valence electrons. The highest BCUT2D eigenvalue weighted by molar-refractivity contribution is 8.00. The third-order valence-electron chi connectivity index (χ3n) is 5.23. The van der Waals surface area contributed by atoms with E-state index in [9.17, 15) is 18.4 Å². The van der Waals surface area contributed by atoms with Crippen molar-refractivity contribution in [2.24, 2.45) is 0 Å². The Morgan fingerprint density at radius 1 is 0.971 bits per heavy atom. The van der Waals surface area contributed by atoms with E-state index in [2.05, 4.69) is 4.98 Å². The summed E-state index contributed by atoms with van der Waals surface area (Å²) in [7, 11) is 3.00. The molecule has 34 heavy (non-hydrogen) atoms. The van der Waals surface area contributed by atoms with E-state index in [-0.39, 0.29) is 16.3 Å². The Morgan fingerprint density at radius 2 is 1.71 bits per heavy atom. The number of ketones is 1. The lowest BCUT2D eigenvalue weighted by Gasteiger charge is -2.17. The first-order chi connectivity index (χ1) is 16.3. The molecule has 0 spiro atoms. The number of fused-ring (bicyclic) bond motifs is 1. The molecular weight excluding hydrogens is 462 g/mol. The van der Waals surface area contributed by atoms with Crippen molar-refractivity contribution in [1.29, 1.82) is 0 Å². The molecule has 3 aromatic carbocycles. The largest absolute Gasteiger partial charge is 0.493 e. The second kappa shape index (κ2) is 9.64. The van der Waals surface area contributed by atoms with Crippen molar-refractivity contribution in [3.8, 4) is 17.2 Å². The Balaban J connectivity index is 1.82. The van der Waals surface area contributed by atoms with Gasteiger partial charge in [0, 0.05) is 11.6 Å². The summed E-state index contributed by atoms with van der Waals surface area (Å²) in [4.78, 5) is 31.0. The van der Waals surface area contributed by atoms with E-state index in [4.69, 9.17) is 9.47 Å². The molecule has 0 aliphatic rings. The minimum atomic E-state index is -1.10. The predicted molar refractivity (Wildman–Crippen MR) is 126 cm³/mol. The molecule has 0 aliphatic heterocycles. The summed E-state index contributed by atoms with van der Waals surface area (Å²) in [6, 6.07) is 14.9. The van der Waals surface area contributed by atoms with Gasteiger partial charge in [0.25, 0.3) is 5.56 Å². The van der Waals surface area contributed by atoms with Gasteiger partial charge in [0.05, 0.1) is 36.1 Å². The van der Waals surface area contributed by atoms with Crippen LogP contribution >= 0.6 is 11.8 Å². The van der Waals surface area contributed by atoms with Crippen LogP contribution < -0.4 is 15.0 Å². The molecule has 0 bridgehead atoms. The summed E-state index contributed by atoms with van der Waals surface area (Å²) in [5.41, 5.74) is 0.641. The van der Waals surface area contributed by atoms with Gasteiger partial charge in [-0.05, 0) is 49.4 Å². The molecule has 0 unspecified atom stereocenters. The minimum absolute atomic E-state index is 0.0275. The number of ether oxygens (including phenoxy) is 2. The van der Waals surface area contributed by atoms with Crippen LogP contribution in [0.2, 0.25) is 0 Å². The average Bonchev–Trinajstić information content (AvgIpc) is 2.85. The van der Waals surface area contributed by atoms with Gasteiger partial charge in [0.2, 0.25) is 0 Å². The summed E-state index contributed by atoms with van der Waals surface area (Å²) in [5, 5.41) is -0.0788. The van der Waals surface area contributed by atoms with E-state index in [1.165, 1.54) is 24.9 Å². The van der Waals surface area contributed by atoms with Gasteiger partial charge in [-0.2, -0.15) is 0 Å². The minimum Gasteiger partial charge on any atom is -0.493 e. The highest BCUT2D eigenvalue weighted by Crippen LogP contribution is 2.32. The zero-order valence-corrected chi connectivity index (χ0v) is 19.4. The second-order valence-electron chi connectivity index (χ2n) is 7.34. The molecule has 0 radical (unpaired) electrons. The van der Waals surface area contributed by atoms with Crippen LogP contribution in [0.1, 0.15) is 17.3 Å². The van der Waals surface area contributed by atoms with Crippen LogP contribution in [0.3, 0.4) is 0 Å². The van der Waals surface area contributed by atoms with Gasteiger partial charge in [0.15, 0.2) is 34.1 Å². The van der Waals surface area contributed by atoms with Crippen molar-refractivity contribution >= 4 is 28.4 Å². The first kappa shape index (κ1) is 23.4. The topological polar surface area (TPSA) is 70.4 Å². The van der Waals surface area contributed by atoms with Crippen LogP contribution in [0.4, 0.5) is 8.78 Å². The van der Waals surface area contributed by atoms with Crippen molar-refractivity contribution in [3.63, 3.8) is 0 Å².